The molecule has 29 heavy (non-hydrogen) atoms. The van der Waals surface area contributed by atoms with E-state index in [0.29, 0.717) is 28.6 Å². The molecule has 0 spiro atoms. The highest BCUT2D eigenvalue weighted by atomic mass is 35.5. The lowest BCUT2D eigenvalue weighted by Crippen LogP contribution is -2.30. The van der Waals surface area contributed by atoms with Gasteiger partial charge in [-0.15, -0.1) is 0 Å². The van der Waals surface area contributed by atoms with Crippen molar-refractivity contribution < 1.29 is 19.1 Å². The lowest BCUT2D eigenvalue weighted by molar-refractivity contribution is -0.123. The van der Waals surface area contributed by atoms with E-state index >= 15 is 0 Å². The summed E-state index contributed by atoms with van der Waals surface area (Å²) in [6.07, 6.45) is -0.977. The second-order valence-electron chi connectivity index (χ2n) is 6.35. The van der Waals surface area contributed by atoms with Crippen molar-refractivity contribution in [2.75, 3.05) is 5.32 Å². The van der Waals surface area contributed by atoms with Crippen LogP contribution in [0.15, 0.2) is 78.9 Å². The van der Waals surface area contributed by atoms with Crippen LogP contribution in [0.4, 0.5) is 5.69 Å². The summed E-state index contributed by atoms with van der Waals surface area (Å²) < 4.78 is 11.0. The molecular weight excluding hydrogens is 390 g/mol. The number of carbonyl (C=O) groups excluding carboxylic acids is 2. The molecule has 1 amide bonds. The molecule has 0 saturated carbocycles. The van der Waals surface area contributed by atoms with Crippen LogP contribution in [0.5, 0.6) is 5.75 Å². The van der Waals surface area contributed by atoms with Crippen molar-refractivity contribution in [3.63, 3.8) is 0 Å². The number of esters is 1. The van der Waals surface area contributed by atoms with E-state index in [9.17, 15) is 9.59 Å². The van der Waals surface area contributed by atoms with Crippen molar-refractivity contribution in [2.24, 2.45) is 0 Å². The van der Waals surface area contributed by atoms with Gasteiger partial charge in [0, 0.05) is 10.7 Å². The highest BCUT2D eigenvalue weighted by Crippen LogP contribution is 2.18. The molecule has 0 aliphatic heterocycles. The molecule has 0 fully saturated rings. The van der Waals surface area contributed by atoms with Crippen LogP contribution in [0.25, 0.3) is 0 Å². The molecule has 148 valence electrons. The topological polar surface area (TPSA) is 64.6 Å². The summed E-state index contributed by atoms with van der Waals surface area (Å²) in [5.41, 5.74) is 1.85. The summed E-state index contributed by atoms with van der Waals surface area (Å²) >= 11 is 5.90. The van der Waals surface area contributed by atoms with Gasteiger partial charge in [0.1, 0.15) is 12.4 Å². The normalized spacial score (nSPS) is 11.4. The molecule has 3 aromatic rings. The Morgan fingerprint density at radius 3 is 2.48 bits per heavy atom. The molecule has 5 nitrogen and oxygen atoms in total. The fraction of sp³-hybridized carbons (Fsp3) is 0.130. The zero-order chi connectivity index (χ0) is 20.6. The molecule has 0 saturated heterocycles. The molecule has 0 radical (unpaired) electrons. The van der Waals surface area contributed by atoms with Crippen molar-refractivity contribution in [1.29, 1.82) is 0 Å². The Balaban J connectivity index is 1.57. The maximum Gasteiger partial charge on any atom is 0.339 e. The number of benzene rings is 3. The highest BCUT2D eigenvalue weighted by molar-refractivity contribution is 6.30. The van der Waals surface area contributed by atoms with Gasteiger partial charge < -0.3 is 14.8 Å². The first-order valence-electron chi connectivity index (χ1n) is 9.05. The van der Waals surface area contributed by atoms with Gasteiger partial charge in [0.2, 0.25) is 0 Å². The standard InChI is InChI=1S/C23H20ClNO4/c1-16(22(26)25-20-11-6-10-19(24)14-20)29-23(27)18-9-5-12-21(13-18)28-15-17-7-3-2-4-8-17/h2-14,16H,15H2,1H3,(H,25,26)/t16-/m0/s1. The quantitative estimate of drug-likeness (QED) is 0.551. The van der Waals surface area contributed by atoms with Gasteiger partial charge in [0.05, 0.1) is 5.56 Å². The summed E-state index contributed by atoms with van der Waals surface area (Å²) in [6.45, 7) is 1.89. The Hall–Kier alpha value is -3.31. The smallest absolute Gasteiger partial charge is 0.339 e. The van der Waals surface area contributed by atoms with Crippen molar-refractivity contribution >= 4 is 29.2 Å². The Morgan fingerprint density at radius 2 is 1.72 bits per heavy atom. The van der Waals surface area contributed by atoms with E-state index in [0.717, 1.165) is 5.56 Å². The largest absolute Gasteiger partial charge is 0.489 e. The van der Waals surface area contributed by atoms with Crippen LogP contribution in [0.1, 0.15) is 22.8 Å². The number of halogens is 1. The monoisotopic (exact) mass is 409 g/mol. The van der Waals surface area contributed by atoms with Crippen LogP contribution in [-0.4, -0.2) is 18.0 Å². The molecular formula is C23H20ClNO4. The molecule has 0 aliphatic carbocycles. The van der Waals surface area contributed by atoms with E-state index in [1.807, 2.05) is 30.3 Å². The molecule has 0 unspecified atom stereocenters. The van der Waals surface area contributed by atoms with Crippen LogP contribution in [-0.2, 0) is 16.1 Å². The first-order chi connectivity index (χ1) is 14.0. The Bertz CT molecular complexity index is 991. The van der Waals surface area contributed by atoms with E-state index < -0.39 is 18.0 Å². The van der Waals surface area contributed by atoms with Gasteiger partial charge in [0.15, 0.2) is 6.10 Å². The average molecular weight is 410 g/mol. The summed E-state index contributed by atoms with van der Waals surface area (Å²) in [5, 5.41) is 3.16. The number of rotatable bonds is 7. The van der Waals surface area contributed by atoms with Gasteiger partial charge >= 0.3 is 5.97 Å². The lowest BCUT2D eigenvalue weighted by atomic mass is 10.2. The lowest BCUT2D eigenvalue weighted by Gasteiger charge is -2.14. The van der Waals surface area contributed by atoms with Gasteiger partial charge in [-0.25, -0.2) is 4.79 Å². The minimum Gasteiger partial charge on any atom is -0.489 e. The summed E-state index contributed by atoms with van der Waals surface area (Å²) in [4.78, 5) is 24.7. The number of hydrogen-bond donors (Lipinski definition) is 1. The number of nitrogens with one attached hydrogen (secondary N) is 1. The van der Waals surface area contributed by atoms with Gasteiger partial charge in [-0.1, -0.05) is 54.1 Å². The predicted octanol–water partition coefficient (Wildman–Crippen LogP) is 5.10. The first-order valence-corrected chi connectivity index (χ1v) is 9.43. The maximum atomic E-state index is 12.4. The van der Waals surface area contributed by atoms with E-state index in [-0.39, 0.29) is 0 Å². The number of hydrogen-bond acceptors (Lipinski definition) is 4. The average Bonchev–Trinajstić information content (AvgIpc) is 2.73. The van der Waals surface area contributed by atoms with Crippen molar-refractivity contribution in [2.45, 2.75) is 19.6 Å². The molecule has 1 N–H and O–H groups in total. The Morgan fingerprint density at radius 1 is 0.966 bits per heavy atom. The zero-order valence-electron chi connectivity index (χ0n) is 15.8. The Kier molecular flexibility index (Phi) is 6.87. The SMILES string of the molecule is C[C@H](OC(=O)c1cccc(OCc2ccccc2)c1)C(=O)Nc1cccc(Cl)c1. The second-order valence-corrected chi connectivity index (χ2v) is 6.79. The molecule has 0 aliphatic rings. The zero-order valence-corrected chi connectivity index (χ0v) is 16.6. The Labute approximate surface area is 174 Å². The van der Waals surface area contributed by atoms with Gasteiger partial charge in [-0.2, -0.15) is 0 Å². The van der Waals surface area contributed by atoms with Crippen molar-refractivity contribution in [3.8, 4) is 5.75 Å². The molecule has 0 bridgehead atoms. The fourth-order valence-electron chi connectivity index (χ4n) is 2.55. The minimum atomic E-state index is -0.977. The summed E-state index contributed by atoms with van der Waals surface area (Å²) in [7, 11) is 0. The second kappa shape index (κ2) is 9.75. The third-order valence-corrected chi connectivity index (χ3v) is 4.30. The molecule has 1 atom stereocenters. The van der Waals surface area contributed by atoms with E-state index in [1.165, 1.54) is 6.92 Å². The van der Waals surface area contributed by atoms with Crippen LogP contribution >= 0.6 is 11.6 Å². The number of anilines is 1. The fourth-order valence-corrected chi connectivity index (χ4v) is 2.74. The van der Waals surface area contributed by atoms with E-state index in [4.69, 9.17) is 21.1 Å². The van der Waals surface area contributed by atoms with Crippen LogP contribution in [0, 0.1) is 0 Å². The molecule has 0 heterocycles. The van der Waals surface area contributed by atoms with Crippen LogP contribution in [0.3, 0.4) is 0 Å². The summed E-state index contributed by atoms with van der Waals surface area (Å²) in [5.74, 6) is -0.514. The van der Waals surface area contributed by atoms with Crippen molar-refractivity contribution in [3.05, 3.63) is 95.0 Å². The molecule has 3 rings (SSSR count). The number of ether oxygens (including phenoxy) is 2. The van der Waals surface area contributed by atoms with E-state index in [2.05, 4.69) is 5.32 Å². The highest BCUT2D eigenvalue weighted by Gasteiger charge is 2.19. The third kappa shape index (κ3) is 6.09. The van der Waals surface area contributed by atoms with Crippen LogP contribution < -0.4 is 10.1 Å². The molecule has 3 aromatic carbocycles. The summed E-state index contributed by atoms with van der Waals surface area (Å²) in [6, 6.07) is 23.1. The van der Waals surface area contributed by atoms with Gasteiger partial charge in [-0.05, 0) is 48.9 Å². The van der Waals surface area contributed by atoms with Gasteiger partial charge in [-0.3, -0.25) is 4.79 Å². The predicted molar refractivity (Wildman–Crippen MR) is 112 cm³/mol. The molecule has 6 heteroatoms. The van der Waals surface area contributed by atoms with Crippen LogP contribution in [0.2, 0.25) is 5.02 Å². The third-order valence-electron chi connectivity index (χ3n) is 4.06. The number of carbonyl (C=O) groups is 2. The minimum absolute atomic E-state index is 0.304. The maximum absolute atomic E-state index is 12.4. The van der Waals surface area contributed by atoms with E-state index in [1.54, 1.807) is 48.5 Å². The molecule has 0 aromatic heterocycles. The number of amides is 1. The first kappa shape index (κ1) is 20.4. The van der Waals surface area contributed by atoms with Crippen molar-refractivity contribution in [1.82, 2.24) is 0 Å². The van der Waals surface area contributed by atoms with Gasteiger partial charge in [0.25, 0.3) is 5.91 Å².